The minimum atomic E-state index is 0.0119. The zero-order chi connectivity index (χ0) is 21.2. The average Bonchev–Trinajstić information content (AvgIpc) is 3.55. The molecule has 0 saturated carbocycles. The fourth-order valence-corrected chi connectivity index (χ4v) is 5.90. The van der Waals surface area contributed by atoms with Crippen LogP contribution in [0.1, 0.15) is 27.8 Å². The molecule has 2 aromatic heterocycles. The number of anilines is 1. The molecule has 4 heterocycles. The van der Waals surface area contributed by atoms with Crippen LogP contribution < -0.4 is 4.90 Å². The second-order valence-electron chi connectivity index (χ2n) is 8.05. The highest BCUT2D eigenvalue weighted by Gasteiger charge is 2.35. The van der Waals surface area contributed by atoms with Crippen molar-refractivity contribution in [1.29, 1.82) is 0 Å². The predicted molar refractivity (Wildman–Crippen MR) is 129 cm³/mol. The summed E-state index contributed by atoms with van der Waals surface area (Å²) in [5.74, 6) is 0.0919. The molecule has 160 valence electrons. The van der Waals surface area contributed by atoms with E-state index in [-0.39, 0.29) is 11.9 Å². The van der Waals surface area contributed by atoms with Gasteiger partial charge in [0.05, 0.1) is 23.2 Å². The molecule has 5 rings (SSSR count). The van der Waals surface area contributed by atoms with Gasteiger partial charge in [-0.3, -0.25) is 9.69 Å². The summed E-state index contributed by atoms with van der Waals surface area (Å²) in [6.07, 6.45) is 0.786. The van der Waals surface area contributed by atoms with Crippen LogP contribution in [0.5, 0.6) is 0 Å². The second-order valence-corrected chi connectivity index (χ2v) is 9.97. The SMILES string of the molecule is Cc1ccccc1N1CCN(CC(=O)N2N=C(c3cccs3)C[C@H]2c2cccs2)CC1. The van der Waals surface area contributed by atoms with E-state index in [2.05, 4.69) is 69.9 Å². The Labute approximate surface area is 191 Å². The van der Waals surface area contributed by atoms with Crippen molar-refractivity contribution < 1.29 is 4.79 Å². The number of nitrogens with zero attached hydrogens (tertiary/aromatic N) is 4. The fraction of sp³-hybridized carbons (Fsp3) is 0.333. The molecule has 1 fully saturated rings. The number of para-hydroxylation sites is 1. The van der Waals surface area contributed by atoms with Gasteiger partial charge in [-0.05, 0) is 41.4 Å². The van der Waals surface area contributed by atoms with E-state index in [9.17, 15) is 4.79 Å². The number of carbonyl (C=O) groups is 1. The Bertz CT molecular complexity index is 1050. The molecule has 2 aliphatic rings. The number of amides is 1. The first-order valence-corrected chi connectivity index (χ1v) is 12.4. The third-order valence-electron chi connectivity index (χ3n) is 6.03. The molecule has 2 aliphatic heterocycles. The second kappa shape index (κ2) is 8.94. The van der Waals surface area contributed by atoms with Crippen LogP contribution in [0.15, 0.2) is 64.4 Å². The van der Waals surface area contributed by atoms with Crippen LogP contribution >= 0.6 is 22.7 Å². The van der Waals surface area contributed by atoms with Gasteiger partial charge in [0.2, 0.25) is 0 Å². The van der Waals surface area contributed by atoms with E-state index in [4.69, 9.17) is 5.10 Å². The minimum Gasteiger partial charge on any atom is -0.369 e. The topological polar surface area (TPSA) is 39.1 Å². The summed E-state index contributed by atoms with van der Waals surface area (Å²) < 4.78 is 0. The van der Waals surface area contributed by atoms with Gasteiger partial charge in [-0.2, -0.15) is 5.10 Å². The van der Waals surface area contributed by atoms with E-state index in [1.165, 1.54) is 16.1 Å². The third kappa shape index (κ3) is 4.31. The number of thiophene rings is 2. The van der Waals surface area contributed by atoms with E-state index < -0.39 is 0 Å². The highest BCUT2D eigenvalue weighted by Crippen LogP contribution is 2.36. The zero-order valence-corrected chi connectivity index (χ0v) is 19.2. The number of hydrazone groups is 1. The number of benzene rings is 1. The van der Waals surface area contributed by atoms with Gasteiger partial charge in [-0.25, -0.2) is 5.01 Å². The highest BCUT2D eigenvalue weighted by molar-refractivity contribution is 7.12. The summed E-state index contributed by atoms with van der Waals surface area (Å²) in [5.41, 5.74) is 3.63. The van der Waals surface area contributed by atoms with Crippen LogP contribution in [-0.2, 0) is 4.79 Å². The van der Waals surface area contributed by atoms with Gasteiger partial charge in [-0.15, -0.1) is 22.7 Å². The van der Waals surface area contributed by atoms with E-state index in [1.54, 1.807) is 27.7 Å². The molecule has 5 nitrogen and oxygen atoms in total. The van der Waals surface area contributed by atoms with Crippen molar-refractivity contribution in [3.05, 3.63) is 74.6 Å². The predicted octanol–water partition coefficient (Wildman–Crippen LogP) is 4.62. The van der Waals surface area contributed by atoms with Gasteiger partial charge < -0.3 is 4.90 Å². The lowest BCUT2D eigenvalue weighted by atomic mass is 10.1. The molecule has 1 atom stereocenters. The molecule has 1 aromatic carbocycles. The molecule has 0 bridgehead atoms. The fourth-order valence-electron chi connectivity index (χ4n) is 4.36. The molecule has 3 aromatic rings. The lowest BCUT2D eigenvalue weighted by Gasteiger charge is -2.37. The molecule has 0 N–H and O–H groups in total. The summed E-state index contributed by atoms with van der Waals surface area (Å²) in [6, 6.07) is 16.8. The van der Waals surface area contributed by atoms with Crippen molar-refractivity contribution in [2.24, 2.45) is 5.10 Å². The molecule has 7 heteroatoms. The Morgan fingerprint density at radius 3 is 2.48 bits per heavy atom. The number of rotatable bonds is 5. The van der Waals surface area contributed by atoms with Crippen LogP contribution in [-0.4, -0.2) is 54.3 Å². The average molecular weight is 451 g/mol. The molecular formula is C24H26N4OS2. The van der Waals surface area contributed by atoms with Crippen LogP contribution in [0.4, 0.5) is 5.69 Å². The van der Waals surface area contributed by atoms with Gasteiger partial charge in [0.1, 0.15) is 0 Å². The normalized spacial score (nSPS) is 19.6. The smallest absolute Gasteiger partial charge is 0.257 e. The Balaban J connectivity index is 1.26. The van der Waals surface area contributed by atoms with E-state index >= 15 is 0 Å². The molecule has 1 saturated heterocycles. The van der Waals surface area contributed by atoms with E-state index in [0.717, 1.165) is 43.2 Å². The van der Waals surface area contributed by atoms with Crippen LogP contribution in [0.3, 0.4) is 0 Å². The Hall–Kier alpha value is -2.48. The zero-order valence-electron chi connectivity index (χ0n) is 17.6. The third-order valence-corrected chi connectivity index (χ3v) is 7.92. The number of aryl methyl sites for hydroxylation is 1. The van der Waals surface area contributed by atoms with Crippen LogP contribution in [0.25, 0.3) is 0 Å². The first-order chi connectivity index (χ1) is 15.2. The summed E-state index contributed by atoms with van der Waals surface area (Å²) in [4.78, 5) is 20.4. The summed E-state index contributed by atoms with van der Waals surface area (Å²) in [5, 5.41) is 10.7. The van der Waals surface area contributed by atoms with Gasteiger partial charge in [0, 0.05) is 43.2 Å². The Kier molecular flexibility index (Phi) is 5.89. The lowest BCUT2D eigenvalue weighted by Crippen LogP contribution is -2.49. The quantitative estimate of drug-likeness (QED) is 0.570. The van der Waals surface area contributed by atoms with E-state index in [1.807, 2.05) is 6.07 Å². The summed E-state index contributed by atoms with van der Waals surface area (Å²) in [7, 11) is 0. The minimum absolute atomic E-state index is 0.0119. The number of hydrogen-bond acceptors (Lipinski definition) is 6. The molecule has 0 aliphatic carbocycles. The van der Waals surface area contributed by atoms with Crippen molar-refractivity contribution in [3.63, 3.8) is 0 Å². The summed E-state index contributed by atoms with van der Waals surface area (Å²) >= 11 is 3.39. The highest BCUT2D eigenvalue weighted by atomic mass is 32.1. The molecule has 31 heavy (non-hydrogen) atoms. The number of carbonyl (C=O) groups excluding carboxylic acids is 1. The molecular weight excluding hydrogens is 424 g/mol. The first-order valence-electron chi connectivity index (χ1n) is 10.7. The number of hydrogen-bond donors (Lipinski definition) is 0. The Morgan fingerprint density at radius 1 is 1.00 bits per heavy atom. The van der Waals surface area contributed by atoms with Crippen molar-refractivity contribution in [3.8, 4) is 0 Å². The van der Waals surface area contributed by atoms with Crippen molar-refractivity contribution in [2.75, 3.05) is 37.6 Å². The maximum atomic E-state index is 13.3. The van der Waals surface area contributed by atoms with Gasteiger partial charge in [-0.1, -0.05) is 30.3 Å². The van der Waals surface area contributed by atoms with Crippen molar-refractivity contribution in [1.82, 2.24) is 9.91 Å². The lowest BCUT2D eigenvalue weighted by molar-refractivity contribution is -0.134. The van der Waals surface area contributed by atoms with Gasteiger partial charge >= 0.3 is 0 Å². The summed E-state index contributed by atoms with van der Waals surface area (Å²) in [6.45, 7) is 6.24. The standard InChI is InChI=1S/C24H26N4OS2/c1-18-6-2-3-7-20(18)27-12-10-26(11-13-27)17-24(29)28-21(23-9-5-15-31-23)16-19(25-28)22-8-4-14-30-22/h2-9,14-15,21H,10-13,16-17H2,1H3/t21-/m0/s1. The van der Waals surface area contributed by atoms with Crippen LogP contribution in [0.2, 0.25) is 0 Å². The van der Waals surface area contributed by atoms with Gasteiger partial charge in [0.25, 0.3) is 5.91 Å². The van der Waals surface area contributed by atoms with Gasteiger partial charge in [0.15, 0.2) is 0 Å². The molecule has 1 amide bonds. The van der Waals surface area contributed by atoms with Crippen LogP contribution in [0, 0.1) is 6.92 Å². The first kappa shape index (κ1) is 20.4. The molecule has 0 radical (unpaired) electrons. The molecule has 0 spiro atoms. The van der Waals surface area contributed by atoms with Crippen molar-refractivity contribution >= 4 is 40.0 Å². The Morgan fingerprint density at radius 2 is 1.77 bits per heavy atom. The number of piperazine rings is 1. The van der Waals surface area contributed by atoms with E-state index in [0.29, 0.717) is 6.54 Å². The maximum absolute atomic E-state index is 13.3. The monoisotopic (exact) mass is 450 g/mol. The molecule has 0 unspecified atom stereocenters. The maximum Gasteiger partial charge on any atom is 0.257 e. The van der Waals surface area contributed by atoms with Crippen molar-refractivity contribution in [2.45, 2.75) is 19.4 Å². The largest absolute Gasteiger partial charge is 0.369 e.